The highest BCUT2D eigenvalue weighted by Crippen LogP contribution is 2.45. The lowest BCUT2D eigenvalue weighted by atomic mass is 9.91. The Morgan fingerprint density at radius 1 is 1.27 bits per heavy atom. The molecule has 0 radical (unpaired) electrons. The standard InChI is InChI=1S/C19H29N2O3P.BrH/c1-15(18-9-7-16(11-20)8-10-18)21-12-19(22)14-25(23,24)13-17-5-3-2-4-6-17;/h7-10,15,17,19,21-22H,2-6,12-14H2,1H3,(H,23,24);1H/t15-,19+;/m1./s1. The highest BCUT2D eigenvalue weighted by molar-refractivity contribution is 8.93. The van der Waals surface area contributed by atoms with Crippen molar-refractivity contribution in [3.05, 3.63) is 35.4 Å². The molecule has 0 heterocycles. The summed E-state index contributed by atoms with van der Waals surface area (Å²) in [5.41, 5.74) is 1.63. The molecular weight excluding hydrogens is 415 g/mol. The first kappa shape index (κ1) is 23.3. The molecule has 1 aliphatic carbocycles. The van der Waals surface area contributed by atoms with E-state index in [0.717, 1.165) is 31.2 Å². The Labute approximate surface area is 167 Å². The average molecular weight is 445 g/mol. The maximum absolute atomic E-state index is 12.4. The molecule has 2 rings (SSSR count). The number of hydrogen-bond donors (Lipinski definition) is 3. The minimum absolute atomic E-state index is 0. The van der Waals surface area contributed by atoms with E-state index in [2.05, 4.69) is 11.4 Å². The van der Waals surface area contributed by atoms with Crippen molar-refractivity contribution in [1.29, 1.82) is 5.26 Å². The summed E-state index contributed by atoms with van der Waals surface area (Å²) in [7, 11) is -3.29. The number of benzene rings is 1. The van der Waals surface area contributed by atoms with Gasteiger partial charge in [-0.1, -0.05) is 31.4 Å². The van der Waals surface area contributed by atoms with Crippen molar-refractivity contribution in [3.8, 4) is 6.07 Å². The van der Waals surface area contributed by atoms with Crippen molar-refractivity contribution in [1.82, 2.24) is 5.32 Å². The molecule has 1 aromatic carbocycles. The van der Waals surface area contributed by atoms with E-state index in [4.69, 9.17) is 5.26 Å². The Hall–Kier alpha value is -0.700. The fraction of sp³-hybridized carbons (Fsp3) is 0.632. The van der Waals surface area contributed by atoms with E-state index < -0.39 is 13.5 Å². The summed E-state index contributed by atoms with van der Waals surface area (Å²) in [4.78, 5) is 10.2. The van der Waals surface area contributed by atoms with Crippen molar-refractivity contribution in [3.63, 3.8) is 0 Å². The van der Waals surface area contributed by atoms with Crippen molar-refractivity contribution in [2.24, 2.45) is 5.92 Å². The van der Waals surface area contributed by atoms with Crippen LogP contribution in [0.25, 0.3) is 0 Å². The Balaban J connectivity index is 0.00000338. The van der Waals surface area contributed by atoms with E-state index in [1.54, 1.807) is 12.1 Å². The highest BCUT2D eigenvalue weighted by atomic mass is 79.9. The van der Waals surface area contributed by atoms with E-state index in [1.165, 1.54) is 6.42 Å². The van der Waals surface area contributed by atoms with Gasteiger partial charge >= 0.3 is 0 Å². The van der Waals surface area contributed by atoms with Gasteiger partial charge < -0.3 is 15.3 Å². The van der Waals surface area contributed by atoms with Crippen molar-refractivity contribution in [2.45, 2.75) is 51.2 Å². The normalized spacial score (nSPS) is 19.6. The molecule has 3 atom stereocenters. The fourth-order valence-corrected chi connectivity index (χ4v) is 5.63. The van der Waals surface area contributed by atoms with Crippen molar-refractivity contribution in [2.75, 3.05) is 18.9 Å². The van der Waals surface area contributed by atoms with Crippen LogP contribution in [0.1, 0.15) is 56.2 Å². The first-order valence-electron chi connectivity index (χ1n) is 9.12. The van der Waals surface area contributed by atoms with Gasteiger partial charge in [0, 0.05) is 18.7 Å². The molecule has 0 spiro atoms. The molecule has 3 N–H and O–H groups in total. The Morgan fingerprint density at radius 3 is 2.46 bits per heavy atom. The van der Waals surface area contributed by atoms with Crippen LogP contribution in [0.15, 0.2) is 24.3 Å². The maximum atomic E-state index is 12.4. The second-order valence-electron chi connectivity index (χ2n) is 7.23. The second-order valence-corrected chi connectivity index (χ2v) is 9.66. The zero-order chi connectivity index (χ0) is 18.3. The molecule has 146 valence electrons. The van der Waals surface area contributed by atoms with Crippen LogP contribution in [0.4, 0.5) is 0 Å². The summed E-state index contributed by atoms with van der Waals surface area (Å²) in [5.74, 6) is 0.335. The van der Waals surface area contributed by atoms with E-state index >= 15 is 0 Å². The van der Waals surface area contributed by atoms with E-state index in [9.17, 15) is 14.6 Å². The number of nitrogens with one attached hydrogen (secondary N) is 1. The molecule has 1 unspecified atom stereocenters. The topological polar surface area (TPSA) is 93.3 Å². The molecule has 0 bridgehead atoms. The maximum Gasteiger partial charge on any atom is 0.203 e. The van der Waals surface area contributed by atoms with Gasteiger partial charge in [0.05, 0.1) is 23.9 Å². The highest BCUT2D eigenvalue weighted by Gasteiger charge is 2.28. The van der Waals surface area contributed by atoms with Gasteiger partial charge in [-0.3, -0.25) is 4.57 Å². The van der Waals surface area contributed by atoms with Crippen LogP contribution in [0.2, 0.25) is 0 Å². The first-order chi connectivity index (χ1) is 11.9. The van der Waals surface area contributed by atoms with Crippen LogP contribution in [0, 0.1) is 17.2 Å². The van der Waals surface area contributed by atoms with Crippen molar-refractivity contribution < 1.29 is 14.6 Å². The van der Waals surface area contributed by atoms with Gasteiger partial charge in [-0.15, -0.1) is 17.0 Å². The van der Waals surface area contributed by atoms with Gasteiger partial charge in [-0.2, -0.15) is 5.26 Å². The number of halogens is 1. The van der Waals surface area contributed by atoms with Crippen LogP contribution in [0.5, 0.6) is 0 Å². The molecule has 0 aliphatic heterocycles. The predicted octanol–water partition coefficient (Wildman–Crippen LogP) is 4.00. The molecule has 1 aliphatic rings. The fourth-order valence-electron chi connectivity index (χ4n) is 3.52. The van der Waals surface area contributed by atoms with Crippen LogP contribution in [0.3, 0.4) is 0 Å². The van der Waals surface area contributed by atoms with Gasteiger partial charge in [0.15, 0.2) is 0 Å². The summed E-state index contributed by atoms with van der Waals surface area (Å²) in [5, 5.41) is 22.2. The van der Waals surface area contributed by atoms with E-state index in [0.29, 0.717) is 17.6 Å². The summed E-state index contributed by atoms with van der Waals surface area (Å²) >= 11 is 0. The lowest BCUT2D eigenvalue weighted by Gasteiger charge is -2.25. The predicted molar refractivity (Wildman–Crippen MR) is 110 cm³/mol. The second kappa shape index (κ2) is 11.2. The molecule has 5 nitrogen and oxygen atoms in total. The number of nitrogens with zero attached hydrogens (tertiary/aromatic N) is 1. The number of rotatable bonds is 8. The summed E-state index contributed by atoms with van der Waals surface area (Å²) < 4.78 is 12.4. The zero-order valence-electron chi connectivity index (χ0n) is 15.3. The van der Waals surface area contributed by atoms with Gasteiger partial charge in [-0.25, -0.2) is 0 Å². The van der Waals surface area contributed by atoms with Crippen molar-refractivity contribution >= 4 is 24.4 Å². The van der Waals surface area contributed by atoms with Gasteiger partial charge in [-0.05, 0) is 43.4 Å². The monoisotopic (exact) mass is 444 g/mol. The Bertz CT molecular complexity index is 627. The van der Waals surface area contributed by atoms with Crippen LogP contribution < -0.4 is 5.32 Å². The third kappa shape index (κ3) is 7.90. The zero-order valence-corrected chi connectivity index (χ0v) is 17.9. The van der Waals surface area contributed by atoms with Gasteiger partial charge in [0.25, 0.3) is 0 Å². The minimum Gasteiger partial charge on any atom is -0.391 e. The molecule has 7 heteroatoms. The smallest absolute Gasteiger partial charge is 0.203 e. The SMILES string of the molecule is Br.C[C@@H](NC[C@H](O)CP(=O)(O)CC1CCCCC1)c1ccc(C#N)cc1. The van der Waals surface area contributed by atoms with E-state index in [-0.39, 0.29) is 35.7 Å². The lowest BCUT2D eigenvalue weighted by Crippen LogP contribution is -2.32. The quantitative estimate of drug-likeness (QED) is 0.526. The summed E-state index contributed by atoms with van der Waals surface area (Å²) in [6.07, 6.45) is 5.06. The summed E-state index contributed by atoms with van der Waals surface area (Å²) in [6, 6.07) is 9.36. The number of nitriles is 1. The van der Waals surface area contributed by atoms with Gasteiger partial charge in [0.1, 0.15) is 0 Å². The third-order valence-electron chi connectivity index (χ3n) is 4.96. The minimum atomic E-state index is -3.29. The molecule has 1 saturated carbocycles. The molecule has 0 aromatic heterocycles. The number of aliphatic hydroxyl groups is 1. The summed E-state index contributed by atoms with van der Waals surface area (Å²) in [6.45, 7) is 2.24. The molecule has 26 heavy (non-hydrogen) atoms. The average Bonchev–Trinajstić information content (AvgIpc) is 2.59. The molecule has 0 amide bonds. The molecular formula is C19H30BrN2O3P. The molecule has 1 fully saturated rings. The van der Waals surface area contributed by atoms with Crippen LogP contribution in [-0.4, -0.2) is 35.0 Å². The third-order valence-corrected chi connectivity index (χ3v) is 7.04. The van der Waals surface area contributed by atoms with Crippen LogP contribution in [-0.2, 0) is 4.57 Å². The number of hydrogen-bond acceptors (Lipinski definition) is 4. The first-order valence-corrected chi connectivity index (χ1v) is 11.1. The molecule has 0 saturated heterocycles. The van der Waals surface area contributed by atoms with E-state index in [1.807, 2.05) is 19.1 Å². The van der Waals surface area contributed by atoms with Crippen LogP contribution >= 0.6 is 24.4 Å². The number of aliphatic hydroxyl groups excluding tert-OH is 1. The Morgan fingerprint density at radius 2 is 1.88 bits per heavy atom. The lowest BCUT2D eigenvalue weighted by molar-refractivity contribution is 0.186. The van der Waals surface area contributed by atoms with Gasteiger partial charge in [0.2, 0.25) is 7.37 Å². The Kier molecular flexibility index (Phi) is 10.1. The molecule has 1 aromatic rings. The largest absolute Gasteiger partial charge is 0.391 e.